The summed E-state index contributed by atoms with van der Waals surface area (Å²) in [6.45, 7) is 7.64. The van der Waals surface area contributed by atoms with Crippen LogP contribution in [0.25, 0.3) is 0 Å². The molecule has 0 aliphatic carbocycles. The number of hydrogen-bond donors (Lipinski definition) is 0. The zero-order chi connectivity index (χ0) is 20.9. The van der Waals surface area contributed by atoms with Crippen molar-refractivity contribution in [3.05, 3.63) is 93.9 Å². The minimum atomic E-state index is -2.45. The standard InChI is InChI=1S/C25H28BrClOSi/c1-25(2,3)29(22-12-6-4-7-13-22,23-14-8-5-9-15-23)28-18-10-11-20-16-17-21(26)19-24(20)27/h4-9,12-17,19H,10-11,18H2,1-3H3. The Kier molecular flexibility index (Phi) is 7.39. The smallest absolute Gasteiger partial charge is 0.261 e. The maximum atomic E-state index is 6.94. The molecule has 3 rings (SSSR count). The van der Waals surface area contributed by atoms with Crippen LogP contribution < -0.4 is 10.4 Å². The molecule has 152 valence electrons. The Hall–Kier alpha value is -1.39. The van der Waals surface area contributed by atoms with Crippen LogP contribution in [0, 0.1) is 0 Å². The van der Waals surface area contributed by atoms with Gasteiger partial charge in [-0.25, -0.2) is 0 Å². The van der Waals surface area contributed by atoms with Gasteiger partial charge in [-0.05, 0) is 45.9 Å². The summed E-state index contributed by atoms with van der Waals surface area (Å²) in [5.74, 6) is 0. The van der Waals surface area contributed by atoms with E-state index in [1.165, 1.54) is 15.9 Å². The molecule has 0 aromatic heterocycles. The highest BCUT2D eigenvalue weighted by molar-refractivity contribution is 9.10. The fraction of sp³-hybridized carbons (Fsp3) is 0.280. The van der Waals surface area contributed by atoms with E-state index in [0.717, 1.165) is 22.3 Å². The summed E-state index contributed by atoms with van der Waals surface area (Å²) in [6.07, 6.45) is 1.84. The van der Waals surface area contributed by atoms with Crippen molar-refractivity contribution in [2.75, 3.05) is 6.61 Å². The van der Waals surface area contributed by atoms with Gasteiger partial charge in [0.05, 0.1) is 0 Å². The van der Waals surface area contributed by atoms with E-state index in [2.05, 4.69) is 103 Å². The van der Waals surface area contributed by atoms with E-state index < -0.39 is 8.32 Å². The lowest BCUT2D eigenvalue weighted by atomic mass is 10.1. The van der Waals surface area contributed by atoms with Crippen LogP contribution in [0.3, 0.4) is 0 Å². The molecule has 0 heterocycles. The van der Waals surface area contributed by atoms with Crippen molar-refractivity contribution in [3.63, 3.8) is 0 Å². The van der Waals surface area contributed by atoms with Crippen LogP contribution in [0.2, 0.25) is 10.1 Å². The molecule has 0 aliphatic rings. The monoisotopic (exact) mass is 486 g/mol. The summed E-state index contributed by atoms with van der Waals surface area (Å²) in [5.41, 5.74) is 1.17. The van der Waals surface area contributed by atoms with Gasteiger partial charge < -0.3 is 4.43 Å². The van der Waals surface area contributed by atoms with Crippen LogP contribution >= 0.6 is 27.5 Å². The van der Waals surface area contributed by atoms with Gasteiger partial charge in [0.25, 0.3) is 8.32 Å². The van der Waals surface area contributed by atoms with Crippen molar-refractivity contribution >= 4 is 46.2 Å². The summed E-state index contributed by atoms with van der Waals surface area (Å²) in [4.78, 5) is 0. The maximum absolute atomic E-state index is 6.94. The molecule has 0 radical (unpaired) electrons. The fourth-order valence-electron chi connectivity index (χ4n) is 3.97. The summed E-state index contributed by atoms with van der Waals surface area (Å²) in [7, 11) is -2.45. The first-order valence-corrected chi connectivity index (χ1v) is 13.1. The Morgan fingerprint density at radius 1 is 0.862 bits per heavy atom. The molecule has 0 N–H and O–H groups in total. The highest BCUT2D eigenvalue weighted by Gasteiger charge is 2.49. The zero-order valence-corrected chi connectivity index (χ0v) is 20.6. The molecule has 29 heavy (non-hydrogen) atoms. The Bertz CT molecular complexity index is 883. The first kappa shape index (κ1) is 22.3. The van der Waals surface area contributed by atoms with Crippen molar-refractivity contribution in [1.82, 2.24) is 0 Å². The van der Waals surface area contributed by atoms with Gasteiger partial charge in [0.2, 0.25) is 0 Å². The van der Waals surface area contributed by atoms with E-state index in [-0.39, 0.29) is 5.04 Å². The number of halogens is 2. The first-order chi connectivity index (χ1) is 13.8. The normalized spacial score (nSPS) is 12.2. The molecular weight excluding hydrogens is 460 g/mol. The predicted molar refractivity (Wildman–Crippen MR) is 131 cm³/mol. The predicted octanol–water partition coefficient (Wildman–Crippen LogP) is 6.61. The van der Waals surface area contributed by atoms with Gasteiger partial charge in [-0.1, -0.05) is 115 Å². The van der Waals surface area contributed by atoms with Gasteiger partial charge in [-0.2, -0.15) is 0 Å². The molecule has 0 aliphatic heterocycles. The van der Waals surface area contributed by atoms with E-state index in [4.69, 9.17) is 16.0 Å². The summed E-state index contributed by atoms with van der Waals surface area (Å²) in [6, 6.07) is 27.7. The van der Waals surface area contributed by atoms with E-state index in [1.807, 2.05) is 12.1 Å². The molecule has 0 saturated carbocycles. The third-order valence-electron chi connectivity index (χ3n) is 5.34. The third-order valence-corrected chi connectivity index (χ3v) is 11.2. The molecule has 0 amide bonds. The number of hydrogen-bond acceptors (Lipinski definition) is 1. The topological polar surface area (TPSA) is 9.23 Å². The molecule has 0 spiro atoms. The second kappa shape index (κ2) is 9.61. The molecule has 4 heteroatoms. The van der Waals surface area contributed by atoms with Crippen molar-refractivity contribution < 1.29 is 4.43 Å². The molecule has 3 aromatic rings. The maximum Gasteiger partial charge on any atom is 0.261 e. The molecule has 0 atom stereocenters. The highest BCUT2D eigenvalue weighted by Crippen LogP contribution is 2.36. The van der Waals surface area contributed by atoms with E-state index in [0.29, 0.717) is 6.61 Å². The molecule has 0 fully saturated rings. The SMILES string of the molecule is CC(C)(C)[Si](OCCCc1ccc(Br)cc1Cl)(c1ccccc1)c1ccccc1. The number of benzene rings is 3. The van der Waals surface area contributed by atoms with Crippen molar-refractivity contribution in [2.45, 2.75) is 38.7 Å². The van der Waals surface area contributed by atoms with Crippen molar-refractivity contribution in [1.29, 1.82) is 0 Å². The van der Waals surface area contributed by atoms with Gasteiger partial charge in [0.15, 0.2) is 0 Å². The van der Waals surface area contributed by atoms with E-state index in [9.17, 15) is 0 Å². The lowest BCUT2D eigenvalue weighted by Crippen LogP contribution is -2.66. The Morgan fingerprint density at radius 2 is 1.41 bits per heavy atom. The van der Waals surface area contributed by atoms with Crippen molar-refractivity contribution in [2.24, 2.45) is 0 Å². The number of aryl methyl sites for hydroxylation is 1. The van der Waals surface area contributed by atoms with Crippen LogP contribution in [-0.2, 0) is 10.8 Å². The molecule has 3 aromatic carbocycles. The average Bonchev–Trinajstić information content (AvgIpc) is 2.70. The van der Waals surface area contributed by atoms with Crippen LogP contribution in [-0.4, -0.2) is 14.9 Å². The molecule has 1 nitrogen and oxygen atoms in total. The Labute approximate surface area is 189 Å². The summed E-state index contributed by atoms with van der Waals surface area (Å²) < 4.78 is 7.95. The first-order valence-electron chi connectivity index (χ1n) is 10.0. The number of rotatable bonds is 7. The summed E-state index contributed by atoms with van der Waals surface area (Å²) in [5, 5.41) is 3.45. The Balaban J connectivity index is 1.87. The molecular formula is C25H28BrClOSi. The lowest BCUT2D eigenvalue weighted by Gasteiger charge is -2.43. The lowest BCUT2D eigenvalue weighted by molar-refractivity contribution is 0.292. The van der Waals surface area contributed by atoms with E-state index >= 15 is 0 Å². The van der Waals surface area contributed by atoms with Crippen LogP contribution in [0.15, 0.2) is 83.3 Å². The second-order valence-corrected chi connectivity index (χ2v) is 14.0. The van der Waals surface area contributed by atoms with E-state index in [1.54, 1.807) is 0 Å². The van der Waals surface area contributed by atoms with Gasteiger partial charge in [-0.3, -0.25) is 0 Å². The highest BCUT2D eigenvalue weighted by atomic mass is 79.9. The van der Waals surface area contributed by atoms with Crippen LogP contribution in [0.5, 0.6) is 0 Å². The van der Waals surface area contributed by atoms with Crippen LogP contribution in [0.4, 0.5) is 0 Å². The van der Waals surface area contributed by atoms with Gasteiger partial charge in [0, 0.05) is 16.1 Å². The third kappa shape index (κ3) is 5.03. The largest absolute Gasteiger partial charge is 0.407 e. The van der Waals surface area contributed by atoms with Crippen LogP contribution in [0.1, 0.15) is 32.8 Å². The second-order valence-electron chi connectivity index (χ2n) is 8.35. The molecule has 0 unspecified atom stereocenters. The fourth-order valence-corrected chi connectivity index (χ4v) is 9.35. The average molecular weight is 488 g/mol. The molecule has 0 bridgehead atoms. The minimum Gasteiger partial charge on any atom is -0.407 e. The van der Waals surface area contributed by atoms with Gasteiger partial charge in [-0.15, -0.1) is 0 Å². The quantitative estimate of drug-likeness (QED) is 0.269. The summed E-state index contributed by atoms with van der Waals surface area (Å²) >= 11 is 9.87. The Morgan fingerprint density at radius 3 is 1.90 bits per heavy atom. The minimum absolute atomic E-state index is 0.00492. The van der Waals surface area contributed by atoms with Crippen molar-refractivity contribution in [3.8, 4) is 0 Å². The van der Waals surface area contributed by atoms with Gasteiger partial charge >= 0.3 is 0 Å². The molecule has 0 saturated heterocycles. The van der Waals surface area contributed by atoms with Gasteiger partial charge in [0.1, 0.15) is 0 Å². The zero-order valence-electron chi connectivity index (χ0n) is 17.3.